The van der Waals surface area contributed by atoms with Crippen LogP contribution in [0.5, 0.6) is 0 Å². The van der Waals surface area contributed by atoms with E-state index >= 15 is 0 Å². The van der Waals surface area contributed by atoms with E-state index in [1.54, 1.807) is 0 Å². The van der Waals surface area contributed by atoms with Crippen LogP contribution >= 0.6 is 0 Å². The van der Waals surface area contributed by atoms with Crippen molar-refractivity contribution < 1.29 is 5.11 Å². The van der Waals surface area contributed by atoms with Crippen molar-refractivity contribution in [2.75, 3.05) is 0 Å². The third-order valence-electron chi connectivity index (χ3n) is 2.55. The minimum absolute atomic E-state index is 0.248. The van der Waals surface area contributed by atoms with Crippen LogP contribution in [0.3, 0.4) is 0 Å². The fourth-order valence-corrected chi connectivity index (χ4v) is 1.60. The zero-order valence-electron chi connectivity index (χ0n) is 7.83. The standard InChI is InChI=1S/C12H14O/c1-9-7-11(9)12(13)8-10-5-3-2-4-6-10/h2-6,12-13H,7-8H2,1H3. The van der Waals surface area contributed by atoms with Crippen molar-refractivity contribution in [2.24, 2.45) is 0 Å². The number of hydrogen-bond acceptors (Lipinski definition) is 1. The third-order valence-corrected chi connectivity index (χ3v) is 2.55. The van der Waals surface area contributed by atoms with Gasteiger partial charge in [-0.1, -0.05) is 35.9 Å². The van der Waals surface area contributed by atoms with Crippen molar-refractivity contribution in [1.29, 1.82) is 0 Å². The van der Waals surface area contributed by atoms with Gasteiger partial charge in [0.05, 0.1) is 6.10 Å². The van der Waals surface area contributed by atoms with Crippen LogP contribution in [0.2, 0.25) is 0 Å². The first-order chi connectivity index (χ1) is 6.27. The van der Waals surface area contributed by atoms with Crippen LogP contribution in [0.1, 0.15) is 18.9 Å². The number of aliphatic hydroxyl groups excluding tert-OH is 1. The average Bonchev–Trinajstić information content (AvgIpc) is 2.84. The maximum atomic E-state index is 9.75. The molecule has 1 aliphatic carbocycles. The maximum Gasteiger partial charge on any atom is 0.0796 e. The van der Waals surface area contributed by atoms with Gasteiger partial charge in [-0.15, -0.1) is 0 Å². The van der Waals surface area contributed by atoms with Gasteiger partial charge >= 0.3 is 0 Å². The molecule has 1 aromatic carbocycles. The normalized spacial score (nSPS) is 17.4. The molecule has 1 nitrogen and oxygen atoms in total. The quantitative estimate of drug-likeness (QED) is 0.697. The highest BCUT2D eigenvalue weighted by atomic mass is 16.3. The van der Waals surface area contributed by atoms with E-state index in [0.717, 1.165) is 12.8 Å². The molecule has 0 saturated carbocycles. The Hall–Kier alpha value is -1.08. The fourth-order valence-electron chi connectivity index (χ4n) is 1.60. The smallest absolute Gasteiger partial charge is 0.0796 e. The molecule has 0 spiro atoms. The van der Waals surface area contributed by atoms with Crippen molar-refractivity contribution in [1.82, 2.24) is 0 Å². The maximum absolute atomic E-state index is 9.75. The Morgan fingerprint density at radius 1 is 1.31 bits per heavy atom. The zero-order chi connectivity index (χ0) is 9.26. The molecule has 0 aromatic heterocycles. The number of benzene rings is 1. The summed E-state index contributed by atoms with van der Waals surface area (Å²) in [5.74, 6) is 0. The second-order valence-electron chi connectivity index (χ2n) is 3.69. The van der Waals surface area contributed by atoms with Crippen LogP contribution in [0.15, 0.2) is 41.5 Å². The monoisotopic (exact) mass is 174 g/mol. The Morgan fingerprint density at radius 3 is 2.46 bits per heavy atom. The number of hydrogen-bond donors (Lipinski definition) is 1. The summed E-state index contributed by atoms with van der Waals surface area (Å²) in [5.41, 5.74) is 3.81. The molecule has 0 saturated heterocycles. The minimum atomic E-state index is -0.248. The van der Waals surface area contributed by atoms with Crippen LogP contribution in [0.4, 0.5) is 0 Å². The first kappa shape index (κ1) is 8.52. The van der Waals surface area contributed by atoms with Crippen LogP contribution in [-0.2, 0) is 6.42 Å². The summed E-state index contributed by atoms with van der Waals surface area (Å²) in [6.45, 7) is 2.09. The molecule has 1 atom stereocenters. The number of aliphatic hydroxyl groups is 1. The lowest BCUT2D eigenvalue weighted by Gasteiger charge is -2.05. The summed E-state index contributed by atoms with van der Waals surface area (Å²) in [7, 11) is 0. The molecule has 0 fully saturated rings. The molecule has 13 heavy (non-hydrogen) atoms. The van der Waals surface area contributed by atoms with E-state index in [2.05, 4.69) is 19.1 Å². The molecular weight excluding hydrogens is 160 g/mol. The Balaban J connectivity index is 1.99. The van der Waals surface area contributed by atoms with Gasteiger partial charge in [0.1, 0.15) is 0 Å². The Kier molecular flexibility index (Phi) is 2.19. The molecule has 1 N–H and O–H groups in total. The molecule has 1 aromatic rings. The SMILES string of the molecule is CC1=C(C(O)Cc2ccccc2)C1. The Labute approximate surface area is 78.7 Å². The molecule has 0 bridgehead atoms. The van der Waals surface area contributed by atoms with Gasteiger partial charge in [-0.2, -0.15) is 0 Å². The molecule has 0 radical (unpaired) electrons. The second kappa shape index (κ2) is 3.35. The summed E-state index contributed by atoms with van der Waals surface area (Å²) in [5, 5.41) is 9.75. The van der Waals surface area contributed by atoms with E-state index in [4.69, 9.17) is 0 Å². The molecule has 1 heteroatoms. The third kappa shape index (κ3) is 1.99. The molecule has 1 aliphatic rings. The van der Waals surface area contributed by atoms with Crippen molar-refractivity contribution >= 4 is 0 Å². The van der Waals surface area contributed by atoms with Gasteiger partial charge in [0.25, 0.3) is 0 Å². The van der Waals surface area contributed by atoms with Crippen LogP contribution in [-0.4, -0.2) is 11.2 Å². The molecule has 68 valence electrons. The van der Waals surface area contributed by atoms with Crippen molar-refractivity contribution in [3.8, 4) is 0 Å². The molecule has 0 heterocycles. The second-order valence-corrected chi connectivity index (χ2v) is 3.69. The van der Waals surface area contributed by atoms with Gasteiger partial charge in [0.2, 0.25) is 0 Å². The Bertz CT molecular complexity index is 324. The van der Waals surface area contributed by atoms with Gasteiger partial charge in [0.15, 0.2) is 0 Å². The molecule has 0 aliphatic heterocycles. The van der Waals surface area contributed by atoms with Crippen LogP contribution < -0.4 is 0 Å². The van der Waals surface area contributed by atoms with Crippen molar-refractivity contribution in [2.45, 2.75) is 25.9 Å². The van der Waals surface area contributed by atoms with Crippen LogP contribution in [0, 0.1) is 0 Å². The van der Waals surface area contributed by atoms with Gasteiger partial charge < -0.3 is 5.11 Å². The largest absolute Gasteiger partial charge is 0.388 e. The van der Waals surface area contributed by atoms with Crippen LogP contribution in [0.25, 0.3) is 0 Å². The van der Waals surface area contributed by atoms with E-state index < -0.39 is 0 Å². The molecule has 2 rings (SSSR count). The van der Waals surface area contributed by atoms with E-state index in [1.165, 1.54) is 16.7 Å². The lowest BCUT2D eigenvalue weighted by atomic mass is 10.1. The summed E-state index contributed by atoms with van der Waals surface area (Å²) in [6.07, 6.45) is 1.55. The van der Waals surface area contributed by atoms with Crippen molar-refractivity contribution in [3.63, 3.8) is 0 Å². The van der Waals surface area contributed by atoms with Gasteiger partial charge in [0, 0.05) is 6.42 Å². The molecular formula is C12H14O. The highest BCUT2D eigenvalue weighted by Crippen LogP contribution is 2.33. The first-order valence-electron chi connectivity index (χ1n) is 4.68. The van der Waals surface area contributed by atoms with Crippen molar-refractivity contribution in [3.05, 3.63) is 47.0 Å². The number of rotatable bonds is 3. The lowest BCUT2D eigenvalue weighted by molar-refractivity contribution is 0.216. The van der Waals surface area contributed by atoms with Gasteiger partial charge in [-0.3, -0.25) is 0 Å². The zero-order valence-corrected chi connectivity index (χ0v) is 7.83. The predicted octanol–water partition coefficient (Wildman–Crippen LogP) is 2.31. The first-order valence-corrected chi connectivity index (χ1v) is 4.68. The topological polar surface area (TPSA) is 20.2 Å². The van der Waals surface area contributed by atoms with Gasteiger partial charge in [-0.05, 0) is 24.5 Å². The molecule has 1 unspecified atom stereocenters. The minimum Gasteiger partial charge on any atom is -0.388 e. The highest BCUT2D eigenvalue weighted by molar-refractivity contribution is 5.37. The molecule has 0 amide bonds. The summed E-state index contributed by atoms with van der Waals surface area (Å²) in [4.78, 5) is 0. The lowest BCUT2D eigenvalue weighted by Crippen LogP contribution is -2.08. The fraction of sp³-hybridized carbons (Fsp3) is 0.333. The summed E-state index contributed by atoms with van der Waals surface area (Å²) >= 11 is 0. The van der Waals surface area contributed by atoms with E-state index in [9.17, 15) is 5.11 Å². The Morgan fingerprint density at radius 2 is 1.92 bits per heavy atom. The average molecular weight is 174 g/mol. The number of allylic oxidation sites excluding steroid dienone is 1. The van der Waals surface area contributed by atoms with E-state index in [-0.39, 0.29) is 6.10 Å². The van der Waals surface area contributed by atoms with E-state index in [1.807, 2.05) is 18.2 Å². The van der Waals surface area contributed by atoms with E-state index in [0.29, 0.717) is 0 Å². The highest BCUT2D eigenvalue weighted by Gasteiger charge is 2.23. The summed E-state index contributed by atoms with van der Waals surface area (Å²) in [6, 6.07) is 10.1. The predicted molar refractivity (Wildman–Crippen MR) is 53.5 cm³/mol. The van der Waals surface area contributed by atoms with Gasteiger partial charge in [-0.25, -0.2) is 0 Å². The summed E-state index contributed by atoms with van der Waals surface area (Å²) < 4.78 is 0.